The van der Waals surface area contributed by atoms with Gasteiger partial charge in [-0.25, -0.2) is 15.6 Å². The van der Waals surface area contributed by atoms with Crippen molar-refractivity contribution in [2.45, 2.75) is 32.7 Å². The quantitative estimate of drug-likeness (QED) is 0.394. The summed E-state index contributed by atoms with van der Waals surface area (Å²) < 4.78 is 4.93. The molecule has 0 radical (unpaired) electrons. The first-order valence-electron chi connectivity index (χ1n) is 4.32. The normalized spacial score (nSPS) is 16.3. The average molecular weight is 172 g/mol. The van der Waals surface area contributed by atoms with Crippen LogP contribution in [-0.2, 0) is 4.74 Å². The van der Waals surface area contributed by atoms with E-state index in [1.165, 1.54) is 5.01 Å². The SMILES string of the molecule is CC(C)COC(=O)N(N)C1CC1. The van der Waals surface area contributed by atoms with Crippen molar-refractivity contribution >= 4 is 6.09 Å². The van der Waals surface area contributed by atoms with Crippen LogP contribution in [0.2, 0.25) is 0 Å². The summed E-state index contributed by atoms with van der Waals surface area (Å²) in [6.45, 7) is 4.43. The van der Waals surface area contributed by atoms with Gasteiger partial charge in [-0.3, -0.25) is 0 Å². The number of carbonyl (C=O) groups is 1. The van der Waals surface area contributed by atoms with Crippen molar-refractivity contribution in [3.05, 3.63) is 0 Å². The van der Waals surface area contributed by atoms with Crippen molar-refractivity contribution in [3.63, 3.8) is 0 Å². The molecular weight excluding hydrogens is 156 g/mol. The van der Waals surface area contributed by atoms with Gasteiger partial charge in [0.05, 0.1) is 12.6 Å². The number of rotatable bonds is 3. The molecular formula is C8H16N2O2. The van der Waals surface area contributed by atoms with Crippen LogP contribution in [0.25, 0.3) is 0 Å². The van der Waals surface area contributed by atoms with Crippen molar-refractivity contribution in [3.8, 4) is 0 Å². The van der Waals surface area contributed by atoms with Crippen LogP contribution in [0.4, 0.5) is 4.79 Å². The zero-order chi connectivity index (χ0) is 9.14. The second-order valence-corrected chi connectivity index (χ2v) is 3.61. The maximum atomic E-state index is 11.1. The van der Waals surface area contributed by atoms with E-state index in [1.54, 1.807) is 0 Å². The molecule has 0 saturated heterocycles. The zero-order valence-corrected chi connectivity index (χ0v) is 7.62. The molecule has 0 spiro atoms. The van der Waals surface area contributed by atoms with Crippen LogP contribution >= 0.6 is 0 Å². The molecule has 1 aliphatic rings. The number of carbonyl (C=O) groups excluding carboxylic acids is 1. The van der Waals surface area contributed by atoms with Crippen LogP contribution in [0.1, 0.15) is 26.7 Å². The molecule has 0 aliphatic heterocycles. The summed E-state index contributed by atoms with van der Waals surface area (Å²) in [5.74, 6) is 5.83. The van der Waals surface area contributed by atoms with Gasteiger partial charge in [-0.1, -0.05) is 13.8 Å². The highest BCUT2D eigenvalue weighted by atomic mass is 16.6. The first kappa shape index (κ1) is 9.32. The zero-order valence-electron chi connectivity index (χ0n) is 7.62. The van der Waals surface area contributed by atoms with E-state index in [4.69, 9.17) is 10.6 Å². The maximum Gasteiger partial charge on any atom is 0.424 e. The number of amides is 1. The first-order chi connectivity index (χ1) is 5.61. The number of nitrogens with two attached hydrogens (primary N) is 1. The van der Waals surface area contributed by atoms with Gasteiger partial charge in [-0.15, -0.1) is 0 Å². The molecule has 2 N–H and O–H groups in total. The van der Waals surface area contributed by atoms with E-state index in [0.29, 0.717) is 12.5 Å². The fraction of sp³-hybridized carbons (Fsp3) is 0.875. The second-order valence-electron chi connectivity index (χ2n) is 3.61. The van der Waals surface area contributed by atoms with E-state index in [-0.39, 0.29) is 6.04 Å². The number of hydrogen-bond donors (Lipinski definition) is 1. The van der Waals surface area contributed by atoms with Crippen LogP contribution in [0.3, 0.4) is 0 Å². The molecule has 1 amide bonds. The average Bonchev–Trinajstić information content (AvgIpc) is 2.80. The van der Waals surface area contributed by atoms with Crippen molar-refractivity contribution in [2.24, 2.45) is 11.8 Å². The minimum Gasteiger partial charge on any atom is -0.448 e. The van der Waals surface area contributed by atoms with Gasteiger partial charge in [0.15, 0.2) is 0 Å². The second kappa shape index (κ2) is 3.76. The van der Waals surface area contributed by atoms with E-state index in [9.17, 15) is 4.79 Å². The number of ether oxygens (including phenoxy) is 1. The Bertz CT molecular complexity index is 166. The summed E-state index contributed by atoms with van der Waals surface area (Å²) in [7, 11) is 0. The molecule has 1 saturated carbocycles. The molecule has 0 bridgehead atoms. The molecule has 0 unspecified atom stereocenters. The monoisotopic (exact) mass is 172 g/mol. The largest absolute Gasteiger partial charge is 0.448 e. The minimum atomic E-state index is -0.397. The predicted molar refractivity (Wildman–Crippen MR) is 45.2 cm³/mol. The highest BCUT2D eigenvalue weighted by Crippen LogP contribution is 2.24. The van der Waals surface area contributed by atoms with E-state index >= 15 is 0 Å². The standard InChI is InChI=1S/C8H16N2O2/c1-6(2)5-12-8(11)10(9)7-3-4-7/h6-7H,3-5,9H2,1-2H3. The highest BCUT2D eigenvalue weighted by Gasteiger charge is 2.31. The van der Waals surface area contributed by atoms with Crippen molar-refractivity contribution in [1.82, 2.24) is 5.01 Å². The lowest BCUT2D eigenvalue weighted by molar-refractivity contribution is 0.0896. The predicted octanol–water partition coefficient (Wildman–Crippen LogP) is 1.12. The number of hydrogen-bond acceptors (Lipinski definition) is 3. The van der Waals surface area contributed by atoms with E-state index in [0.717, 1.165) is 12.8 Å². The van der Waals surface area contributed by atoms with Gasteiger partial charge in [-0.05, 0) is 18.8 Å². The Balaban J connectivity index is 2.17. The molecule has 1 aliphatic carbocycles. The summed E-state index contributed by atoms with van der Waals surface area (Å²) in [5, 5.41) is 1.20. The Kier molecular flexibility index (Phi) is 2.92. The lowest BCUT2D eigenvalue weighted by Gasteiger charge is -2.16. The summed E-state index contributed by atoms with van der Waals surface area (Å²) in [6, 6.07) is 0.227. The Morgan fingerprint density at radius 2 is 2.25 bits per heavy atom. The van der Waals surface area contributed by atoms with Crippen LogP contribution < -0.4 is 5.84 Å². The fourth-order valence-electron chi connectivity index (χ4n) is 0.814. The third kappa shape index (κ3) is 2.70. The van der Waals surface area contributed by atoms with Crippen molar-refractivity contribution in [1.29, 1.82) is 0 Å². The van der Waals surface area contributed by atoms with Crippen LogP contribution in [0, 0.1) is 5.92 Å². The molecule has 0 aromatic carbocycles. The highest BCUT2D eigenvalue weighted by molar-refractivity contribution is 5.67. The topological polar surface area (TPSA) is 55.6 Å². The first-order valence-corrected chi connectivity index (χ1v) is 4.32. The van der Waals surface area contributed by atoms with Gasteiger partial charge in [0.2, 0.25) is 0 Å². The van der Waals surface area contributed by atoms with Gasteiger partial charge in [0, 0.05) is 0 Å². The van der Waals surface area contributed by atoms with Gasteiger partial charge < -0.3 is 4.74 Å². The molecule has 12 heavy (non-hydrogen) atoms. The van der Waals surface area contributed by atoms with Crippen molar-refractivity contribution < 1.29 is 9.53 Å². The Hall–Kier alpha value is -0.770. The third-order valence-electron chi connectivity index (χ3n) is 1.69. The van der Waals surface area contributed by atoms with Gasteiger partial charge in [0.1, 0.15) is 0 Å². The lowest BCUT2D eigenvalue weighted by Crippen LogP contribution is -2.40. The van der Waals surface area contributed by atoms with Gasteiger partial charge >= 0.3 is 6.09 Å². The molecule has 4 heteroatoms. The molecule has 1 fully saturated rings. The fourth-order valence-corrected chi connectivity index (χ4v) is 0.814. The third-order valence-corrected chi connectivity index (χ3v) is 1.69. The number of hydrazine groups is 1. The summed E-state index contributed by atoms with van der Waals surface area (Å²) >= 11 is 0. The molecule has 1 rings (SSSR count). The molecule has 0 atom stereocenters. The van der Waals surface area contributed by atoms with Gasteiger partial charge in [0.25, 0.3) is 0 Å². The smallest absolute Gasteiger partial charge is 0.424 e. The summed E-state index contributed by atoms with van der Waals surface area (Å²) in [4.78, 5) is 11.1. The lowest BCUT2D eigenvalue weighted by atomic mass is 10.2. The van der Waals surface area contributed by atoms with E-state index in [1.807, 2.05) is 13.8 Å². The molecule has 4 nitrogen and oxygen atoms in total. The summed E-state index contributed by atoms with van der Waals surface area (Å²) in [6.07, 6.45) is 1.62. The minimum absolute atomic E-state index is 0.227. The van der Waals surface area contributed by atoms with Gasteiger partial charge in [-0.2, -0.15) is 0 Å². The number of nitrogens with zero attached hydrogens (tertiary/aromatic N) is 1. The van der Waals surface area contributed by atoms with Crippen LogP contribution in [0.5, 0.6) is 0 Å². The van der Waals surface area contributed by atoms with Crippen molar-refractivity contribution in [2.75, 3.05) is 6.61 Å². The Labute approximate surface area is 72.6 Å². The Morgan fingerprint density at radius 3 is 2.67 bits per heavy atom. The summed E-state index contributed by atoms with van der Waals surface area (Å²) in [5.41, 5.74) is 0. The Morgan fingerprint density at radius 1 is 1.67 bits per heavy atom. The van der Waals surface area contributed by atoms with Crippen LogP contribution in [0.15, 0.2) is 0 Å². The molecule has 0 aromatic rings. The molecule has 0 heterocycles. The molecule has 0 aromatic heterocycles. The maximum absolute atomic E-state index is 11.1. The van der Waals surface area contributed by atoms with E-state index in [2.05, 4.69) is 0 Å². The van der Waals surface area contributed by atoms with Crippen LogP contribution in [-0.4, -0.2) is 23.8 Å². The van der Waals surface area contributed by atoms with E-state index < -0.39 is 6.09 Å². The molecule has 70 valence electrons.